The number of quaternary nitrogens is 1. The molecule has 1 aromatic rings. The Morgan fingerprint density at radius 2 is 1.54 bits per heavy atom. The number of nitrogens with one attached hydrogen (secondary N) is 1. The van der Waals surface area contributed by atoms with Crippen molar-refractivity contribution < 1.29 is 9.29 Å². The lowest BCUT2D eigenvalue weighted by molar-refractivity contribution is -0.863. The van der Waals surface area contributed by atoms with Crippen LogP contribution in [0.1, 0.15) is 20.8 Å². The van der Waals surface area contributed by atoms with Crippen molar-refractivity contribution in [2.75, 3.05) is 7.05 Å². The van der Waals surface area contributed by atoms with Crippen molar-refractivity contribution in [1.82, 2.24) is 0 Å². The first-order chi connectivity index (χ1) is 5.91. The van der Waals surface area contributed by atoms with Crippen LogP contribution in [-0.2, 0) is 0 Å². The molecule has 0 fully saturated rings. The van der Waals surface area contributed by atoms with Gasteiger partial charge in [-0.15, -0.1) is 0 Å². The van der Waals surface area contributed by atoms with Crippen molar-refractivity contribution >= 4 is 5.69 Å². The van der Waals surface area contributed by atoms with E-state index in [0.717, 1.165) is 5.69 Å². The zero-order valence-electron chi connectivity index (χ0n) is 8.69. The Morgan fingerprint density at radius 1 is 1.08 bits per heavy atom. The Kier molecular flexibility index (Phi) is 2.71. The van der Waals surface area contributed by atoms with E-state index in [-0.39, 0.29) is 11.4 Å². The molecule has 0 saturated carbocycles. The van der Waals surface area contributed by atoms with Crippen molar-refractivity contribution in [2.24, 2.45) is 0 Å². The largest absolute Gasteiger partial charge is 0.301 e. The Hall–Kier alpha value is -0.890. The van der Waals surface area contributed by atoms with Gasteiger partial charge in [-0.2, -0.15) is 0 Å². The summed E-state index contributed by atoms with van der Waals surface area (Å²) in [5, 5.41) is 0. The molecular weight excluding hydrogens is 165 g/mol. The van der Waals surface area contributed by atoms with E-state index >= 15 is 0 Å². The molecule has 0 aliphatic carbocycles. The minimum absolute atomic E-state index is 0.151. The molecule has 72 valence electrons. The predicted molar refractivity (Wildman–Crippen MR) is 52.7 cm³/mol. The van der Waals surface area contributed by atoms with Crippen LogP contribution in [0.4, 0.5) is 10.1 Å². The van der Waals surface area contributed by atoms with Gasteiger partial charge in [0, 0.05) is 12.1 Å². The highest BCUT2D eigenvalue weighted by atomic mass is 19.1. The second-order valence-corrected chi connectivity index (χ2v) is 4.38. The highest BCUT2D eigenvalue weighted by Crippen LogP contribution is 2.06. The van der Waals surface area contributed by atoms with Crippen molar-refractivity contribution in [3.05, 3.63) is 30.1 Å². The molecule has 1 nitrogen and oxygen atoms in total. The monoisotopic (exact) mass is 182 g/mol. The topological polar surface area (TPSA) is 4.44 Å². The molecule has 0 bridgehead atoms. The maximum absolute atomic E-state index is 12.6. The van der Waals surface area contributed by atoms with Crippen LogP contribution in [0.25, 0.3) is 0 Å². The quantitative estimate of drug-likeness (QED) is 0.675. The summed E-state index contributed by atoms with van der Waals surface area (Å²) in [7, 11) is 2.09. The van der Waals surface area contributed by atoms with E-state index in [1.54, 1.807) is 0 Å². The van der Waals surface area contributed by atoms with Crippen LogP contribution < -0.4 is 4.90 Å². The Bertz CT molecular complexity index is 271. The molecule has 0 aromatic heterocycles. The SMILES string of the molecule is C[NH+](c1ccc(F)cc1)C(C)(C)C. The van der Waals surface area contributed by atoms with Gasteiger partial charge in [-0.3, -0.25) is 0 Å². The smallest absolute Gasteiger partial charge is 0.131 e. The number of benzene rings is 1. The van der Waals surface area contributed by atoms with E-state index in [1.165, 1.54) is 17.0 Å². The van der Waals surface area contributed by atoms with Crippen LogP contribution in [0.15, 0.2) is 24.3 Å². The molecule has 0 aliphatic heterocycles. The van der Waals surface area contributed by atoms with Gasteiger partial charge < -0.3 is 4.90 Å². The van der Waals surface area contributed by atoms with E-state index in [4.69, 9.17) is 0 Å². The van der Waals surface area contributed by atoms with E-state index < -0.39 is 0 Å². The number of hydrogen-bond donors (Lipinski definition) is 1. The average molecular weight is 182 g/mol. The second kappa shape index (κ2) is 3.46. The fourth-order valence-electron chi connectivity index (χ4n) is 1.13. The lowest BCUT2D eigenvalue weighted by Gasteiger charge is -2.27. The molecule has 1 unspecified atom stereocenters. The van der Waals surface area contributed by atoms with Gasteiger partial charge in [0.05, 0.1) is 12.6 Å². The van der Waals surface area contributed by atoms with Gasteiger partial charge in [0.25, 0.3) is 0 Å². The molecule has 1 rings (SSSR count). The van der Waals surface area contributed by atoms with Gasteiger partial charge >= 0.3 is 0 Å². The third kappa shape index (κ3) is 2.52. The summed E-state index contributed by atoms with van der Waals surface area (Å²) in [5.41, 5.74) is 1.27. The van der Waals surface area contributed by atoms with Gasteiger partial charge in [0.15, 0.2) is 0 Å². The summed E-state index contributed by atoms with van der Waals surface area (Å²) in [6, 6.07) is 6.67. The molecule has 0 heterocycles. The fourth-order valence-corrected chi connectivity index (χ4v) is 1.13. The summed E-state index contributed by atoms with van der Waals surface area (Å²) < 4.78 is 12.6. The van der Waals surface area contributed by atoms with Crippen molar-refractivity contribution in [1.29, 1.82) is 0 Å². The Morgan fingerprint density at radius 3 is 1.92 bits per heavy atom. The summed E-state index contributed by atoms with van der Waals surface area (Å²) in [6.45, 7) is 6.48. The zero-order chi connectivity index (χ0) is 10.1. The Labute approximate surface area is 79.2 Å². The number of halogens is 1. The summed E-state index contributed by atoms with van der Waals surface area (Å²) >= 11 is 0. The van der Waals surface area contributed by atoms with E-state index in [0.29, 0.717) is 0 Å². The van der Waals surface area contributed by atoms with Crippen molar-refractivity contribution in [3.63, 3.8) is 0 Å². The maximum Gasteiger partial charge on any atom is 0.131 e. The summed E-state index contributed by atoms with van der Waals surface area (Å²) in [5.74, 6) is -0.176. The van der Waals surface area contributed by atoms with Gasteiger partial charge in [0.1, 0.15) is 11.5 Å². The molecule has 1 atom stereocenters. The molecule has 1 aromatic carbocycles. The van der Waals surface area contributed by atoms with Crippen LogP contribution in [-0.4, -0.2) is 12.6 Å². The third-order valence-corrected chi connectivity index (χ3v) is 2.40. The van der Waals surface area contributed by atoms with E-state index in [2.05, 4.69) is 27.8 Å². The predicted octanol–water partition coefficient (Wildman–Crippen LogP) is 1.77. The van der Waals surface area contributed by atoms with Crippen molar-refractivity contribution in [2.45, 2.75) is 26.3 Å². The second-order valence-electron chi connectivity index (χ2n) is 4.38. The molecule has 0 spiro atoms. The van der Waals surface area contributed by atoms with E-state index in [1.807, 2.05) is 12.1 Å². The molecule has 2 heteroatoms. The van der Waals surface area contributed by atoms with Crippen LogP contribution in [0.2, 0.25) is 0 Å². The number of hydrogen-bond acceptors (Lipinski definition) is 0. The van der Waals surface area contributed by atoms with Gasteiger partial charge in [0.2, 0.25) is 0 Å². The highest BCUT2D eigenvalue weighted by Gasteiger charge is 2.22. The van der Waals surface area contributed by atoms with Crippen LogP contribution in [0.3, 0.4) is 0 Å². The molecule has 1 N–H and O–H groups in total. The first-order valence-electron chi connectivity index (χ1n) is 4.51. The lowest BCUT2D eigenvalue weighted by Crippen LogP contribution is -3.11. The minimum atomic E-state index is -0.176. The molecule has 0 saturated heterocycles. The molecular formula is C11H17FN+. The molecule has 0 amide bonds. The first-order valence-corrected chi connectivity index (χ1v) is 4.51. The van der Waals surface area contributed by atoms with Gasteiger partial charge in [-0.1, -0.05) is 0 Å². The lowest BCUT2D eigenvalue weighted by atomic mass is 10.1. The van der Waals surface area contributed by atoms with Crippen LogP contribution >= 0.6 is 0 Å². The summed E-state index contributed by atoms with van der Waals surface area (Å²) in [6.07, 6.45) is 0. The highest BCUT2D eigenvalue weighted by molar-refractivity contribution is 5.28. The third-order valence-electron chi connectivity index (χ3n) is 2.40. The standard InChI is InChI=1S/C11H16FN/c1-11(2,3)13(4)10-7-5-9(12)6-8-10/h5-8H,1-4H3/p+1. The maximum atomic E-state index is 12.6. The molecule has 0 aliphatic rings. The average Bonchev–Trinajstić information content (AvgIpc) is 2.03. The molecule has 13 heavy (non-hydrogen) atoms. The number of rotatable bonds is 1. The van der Waals surface area contributed by atoms with Gasteiger partial charge in [-0.05, 0) is 32.9 Å². The normalized spacial score (nSPS) is 14.2. The minimum Gasteiger partial charge on any atom is -0.301 e. The fraction of sp³-hybridized carbons (Fsp3) is 0.455. The van der Waals surface area contributed by atoms with Gasteiger partial charge in [-0.25, -0.2) is 4.39 Å². The molecule has 0 radical (unpaired) electrons. The van der Waals surface area contributed by atoms with E-state index in [9.17, 15) is 4.39 Å². The van der Waals surface area contributed by atoms with Crippen LogP contribution in [0, 0.1) is 5.82 Å². The van der Waals surface area contributed by atoms with Crippen LogP contribution in [0.5, 0.6) is 0 Å². The Balaban J connectivity index is 2.90. The van der Waals surface area contributed by atoms with Crippen molar-refractivity contribution in [3.8, 4) is 0 Å². The zero-order valence-corrected chi connectivity index (χ0v) is 8.69. The first kappa shape index (κ1) is 10.2. The summed E-state index contributed by atoms with van der Waals surface area (Å²) in [4.78, 5) is 1.28.